The van der Waals surface area contributed by atoms with Crippen LogP contribution in [0.1, 0.15) is 31.8 Å². The van der Waals surface area contributed by atoms with Gasteiger partial charge in [0.2, 0.25) is 0 Å². The van der Waals surface area contributed by atoms with Crippen molar-refractivity contribution in [2.24, 2.45) is 0 Å². The van der Waals surface area contributed by atoms with Crippen LogP contribution in [0.3, 0.4) is 0 Å². The van der Waals surface area contributed by atoms with Crippen LogP contribution in [-0.4, -0.2) is 31.5 Å². The van der Waals surface area contributed by atoms with Gasteiger partial charge in [0.05, 0.1) is 18.2 Å². The molecule has 0 aliphatic rings. The molecule has 182 valence electrons. The van der Waals surface area contributed by atoms with E-state index in [9.17, 15) is 14.4 Å². The predicted octanol–water partition coefficient (Wildman–Crippen LogP) is 4.88. The Hall–Kier alpha value is -4.65. The van der Waals surface area contributed by atoms with Gasteiger partial charge in [0, 0.05) is 12.2 Å². The van der Waals surface area contributed by atoms with Gasteiger partial charge in [-0.3, -0.25) is 9.59 Å². The zero-order valence-electron chi connectivity index (χ0n) is 20.0. The van der Waals surface area contributed by atoms with E-state index in [1.54, 1.807) is 36.4 Å². The molecule has 4 aromatic rings. The van der Waals surface area contributed by atoms with Crippen molar-refractivity contribution >= 4 is 34.2 Å². The van der Waals surface area contributed by atoms with Crippen LogP contribution in [-0.2, 0) is 16.1 Å². The van der Waals surface area contributed by atoms with E-state index in [4.69, 9.17) is 4.74 Å². The monoisotopic (exact) mass is 482 g/mol. The highest BCUT2D eigenvalue weighted by atomic mass is 16.5. The number of fused-ring (bicyclic) bond motifs is 1. The Bertz CT molecular complexity index is 1410. The maximum absolute atomic E-state index is 13.2. The number of hydrogen-bond acceptors (Lipinski definition) is 5. The highest BCUT2D eigenvalue weighted by molar-refractivity contribution is 6.09. The van der Waals surface area contributed by atoms with Gasteiger partial charge in [0.1, 0.15) is 5.75 Å². The van der Waals surface area contributed by atoms with E-state index in [-0.39, 0.29) is 25.0 Å². The molecule has 0 fully saturated rings. The topological polar surface area (TPSA) is 93.7 Å². The fourth-order valence-corrected chi connectivity index (χ4v) is 3.69. The number of carbonyl (C=O) groups is 3. The highest BCUT2D eigenvalue weighted by Gasteiger charge is 2.16. The third-order valence-corrected chi connectivity index (χ3v) is 5.71. The summed E-state index contributed by atoms with van der Waals surface area (Å²) in [5, 5.41) is 7.50. The van der Waals surface area contributed by atoms with Crippen LogP contribution in [0.5, 0.6) is 5.75 Å². The van der Waals surface area contributed by atoms with Crippen molar-refractivity contribution in [3.8, 4) is 5.75 Å². The molecule has 0 unspecified atom stereocenters. The van der Waals surface area contributed by atoms with Gasteiger partial charge in [0.25, 0.3) is 11.8 Å². The van der Waals surface area contributed by atoms with Crippen molar-refractivity contribution in [2.45, 2.75) is 13.5 Å². The van der Waals surface area contributed by atoms with Crippen LogP contribution in [0, 0.1) is 6.92 Å². The number of carbonyl (C=O) groups excluding carboxylic acids is 3. The quantitative estimate of drug-likeness (QED) is 0.349. The van der Waals surface area contributed by atoms with Gasteiger partial charge in [-0.1, -0.05) is 54.6 Å². The van der Waals surface area contributed by atoms with E-state index >= 15 is 0 Å². The Labute approximate surface area is 209 Å². The Morgan fingerprint density at radius 3 is 2.19 bits per heavy atom. The first-order valence-electron chi connectivity index (χ1n) is 11.4. The average molecular weight is 483 g/mol. The fraction of sp³-hybridized carbons (Fsp3) is 0.138. The van der Waals surface area contributed by atoms with Crippen LogP contribution in [0.2, 0.25) is 0 Å². The van der Waals surface area contributed by atoms with Crippen molar-refractivity contribution in [1.29, 1.82) is 0 Å². The summed E-state index contributed by atoms with van der Waals surface area (Å²) in [6, 6.07) is 25.4. The van der Waals surface area contributed by atoms with Crippen molar-refractivity contribution in [1.82, 2.24) is 5.32 Å². The van der Waals surface area contributed by atoms with Gasteiger partial charge in [0.15, 0.2) is 6.61 Å². The number of hydrogen-bond donors (Lipinski definition) is 2. The molecule has 0 bridgehead atoms. The molecule has 36 heavy (non-hydrogen) atoms. The third-order valence-electron chi connectivity index (χ3n) is 5.71. The lowest BCUT2D eigenvalue weighted by molar-refractivity contribution is -0.123. The summed E-state index contributed by atoms with van der Waals surface area (Å²) in [7, 11) is 1.32. The first-order valence-corrected chi connectivity index (χ1v) is 11.4. The van der Waals surface area contributed by atoms with Crippen molar-refractivity contribution in [2.75, 3.05) is 19.0 Å². The van der Waals surface area contributed by atoms with Crippen LogP contribution >= 0.6 is 0 Å². The minimum Gasteiger partial charge on any atom is -0.483 e. The van der Waals surface area contributed by atoms with Crippen LogP contribution < -0.4 is 15.4 Å². The van der Waals surface area contributed by atoms with Crippen LogP contribution in [0.15, 0.2) is 84.9 Å². The zero-order valence-corrected chi connectivity index (χ0v) is 20.0. The van der Waals surface area contributed by atoms with E-state index in [0.717, 1.165) is 21.9 Å². The molecule has 0 aliphatic carbocycles. The van der Waals surface area contributed by atoms with Crippen LogP contribution in [0.25, 0.3) is 10.8 Å². The molecule has 0 spiro atoms. The summed E-state index contributed by atoms with van der Waals surface area (Å²) < 4.78 is 10.5. The Kier molecular flexibility index (Phi) is 7.60. The van der Waals surface area contributed by atoms with E-state index in [0.29, 0.717) is 22.6 Å². The standard InChI is InChI=1S/C29H26N2O5/c1-19-7-3-6-10-25(19)31-28(33)24-15-22-8-4-5-9-23(22)16-26(24)36-18-27(32)30-17-20-11-13-21(14-12-20)29(34)35-2/h3-16H,17-18H2,1-2H3,(H,30,32)(H,31,33). The van der Waals surface area contributed by atoms with Gasteiger partial charge >= 0.3 is 5.97 Å². The lowest BCUT2D eigenvalue weighted by Crippen LogP contribution is -2.28. The molecule has 0 heterocycles. The zero-order chi connectivity index (χ0) is 25.5. The Balaban J connectivity index is 1.45. The number of methoxy groups -OCH3 is 1. The lowest BCUT2D eigenvalue weighted by Gasteiger charge is -2.14. The molecule has 2 N–H and O–H groups in total. The highest BCUT2D eigenvalue weighted by Crippen LogP contribution is 2.27. The van der Waals surface area contributed by atoms with Gasteiger partial charge in [-0.05, 0) is 59.2 Å². The molecular formula is C29H26N2O5. The van der Waals surface area contributed by atoms with E-state index in [1.165, 1.54) is 7.11 Å². The van der Waals surface area contributed by atoms with Crippen molar-refractivity contribution < 1.29 is 23.9 Å². The second-order valence-corrected chi connectivity index (χ2v) is 8.22. The van der Waals surface area contributed by atoms with Gasteiger partial charge in [-0.25, -0.2) is 4.79 Å². The number of aryl methyl sites for hydroxylation is 1. The second-order valence-electron chi connectivity index (χ2n) is 8.22. The smallest absolute Gasteiger partial charge is 0.337 e. The van der Waals surface area contributed by atoms with E-state index in [2.05, 4.69) is 15.4 Å². The molecule has 2 amide bonds. The predicted molar refractivity (Wildman–Crippen MR) is 138 cm³/mol. The molecule has 7 heteroatoms. The van der Waals surface area contributed by atoms with Gasteiger partial charge in [-0.15, -0.1) is 0 Å². The number of ether oxygens (including phenoxy) is 2. The average Bonchev–Trinajstić information content (AvgIpc) is 2.91. The minimum atomic E-state index is -0.420. The Morgan fingerprint density at radius 1 is 0.833 bits per heavy atom. The van der Waals surface area contributed by atoms with Gasteiger partial charge < -0.3 is 20.1 Å². The first-order chi connectivity index (χ1) is 17.4. The Morgan fingerprint density at radius 2 is 1.50 bits per heavy atom. The van der Waals surface area contributed by atoms with E-state index in [1.807, 2.05) is 55.5 Å². The maximum atomic E-state index is 13.2. The first kappa shape index (κ1) is 24.5. The number of rotatable bonds is 8. The number of benzene rings is 4. The number of nitrogens with one attached hydrogen (secondary N) is 2. The largest absolute Gasteiger partial charge is 0.483 e. The lowest BCUT2D eigenvalue weighted by atomic mass is 10.0. The third kappa shape index (κ3) is 5.88. The molecule has 0 atom stereocenters. The summed E-state index contributed by atoms with van der Waals surface area (Å²) >= 11 is 0. The molecule has 0 saturated carbocycles. The number of anilines is 1. The molecular weight excluding hydrogens is 456 g/mol. The van der Waals surface area contributed by atoms with E-state index < -0.39 is 5.97 Å². The van der Waals surface area contributed by atoms with Gasteiger partial charge in [-0.2, -0.15) is 0 Å². The normalized spacial score (nSPS) is 10.5. The summed E-state index contributed by atoms with van der Waals surface area (Å²) in [5.74, 6) is -0.768. The molecule has 0 aliphatic heterocycles. The molecule has 0 aromatic heterocycles. The molecule has 0 saturated heterocycles. The maximum Gasteiger partial charge on any atom is 0.337 e. The summed E-state index contributed by atoms with van der Waals surface area (Å²) in [5.41, 5.74) is 3.23. The fourth-order valence-electron chi connectivity index (χ4n) is 3.69. The summed E-state index contributed by atoms with van der Waals surface area (Å²) in [4.78, 5) is 37.2. The molecule has 0 radical (unpaired) electrons. The molecule has 4 rings (SSSR count). The SMILES string of the molecule is COC(=O)c1ccc(CNC(=O)COc2cc3ccccc3cc2C(=O)Nc2ccccc2C)cc1. The number of para-hydroxylation sites is 1. The molecule has 4 aromatic carbocycles. The number of amides is 2. The van der Waals surface area contributed by atoms with Crippen molar-refractivity contribution in [3.05, 3.63) is 107 Å². The van der Waals surface area contributed by atoms with Crippen LogP contribution in [0.4, 0.5) is 5.69 Å². The van der Waals surface area contributed by atoms with Crippen molar-refractivity contribution in [3.63, 3.8) is 0 Å². The number of esters is 1. The summed E-state index contributed by atoms with van der Waals surface area (Å²) in [6.07, 6.45) is 0. The minimum absolute atomic E-state index is 0.261. The second kappa shape index (κ2) is 11.2. The summed E-state index contributed by atoms with van der Waals surface area (Å²) in [6.45, 7) is 1.92. The molecule has 7 nitrogen and oxygen atoms in total.